The number of hydrogen-bond donors (Lipinski definition) is 1. The van der Waals surface area contributed by atoms with E-state index in [1.165, 1.54) is 0 Å². The summed E-state index contributed by atoms with van der Waals surface area (Å²) in [6.07, 6.45) is 2.66. The highest BCUT2D eigenvalue weighted by Gasteiger charge is 2.52. The summed E-state index contributed by atoms with van der Waals surface area (Å²) in [5.74, 6) is 0.636. The zero-order chi connectivity index (χ0) is 15.6. The highest BCUT2D eigenvalue weighted by atomic mass is 35.5. The molecular weight excluding hydrogens is 319 g/mol. The number of halogens is 2. The number of rotatable bonds is 6. The average Bonchev–Trinajstić information content (AvgIpc) is 3.25. The lowest BCUT2D eigenvalue weighted by Gasteiger charge is -2.26. The lowest BCUT2D eigenvalue weighted by atomic mass is 9.94. The largest absolute Gasteiger partial charge is 0.345 e. The molecule has 1 aromatic carbocycles. The van der Waals surface area contributed by atoms with Crippen LogP contribution in [0.5, 0.6) is 0 Å². The monoisotopic (exact) mass is 344 g/mol. The topological polar surface area (TPSA) is 46.3 Å². The van der Waals surface area contributed by atoms with Crippen molar-refractivity contribution in [1.82, 2.24) is 4.90 Å². The van der Waals surface area contributed by atoms with Crippen molar-refractivity contribution in [2.75, 3.05) is 13.6 Å². The third kappa shape index (κ3) is 4.15. The Morgan fingerprint density at radius 2 is 2.05 bits per heavy atom. The van der Waals surface area contributed by atoms with Crippen LogP contribution in [0.3, 0.4) is 0 Å². The van der Waals surface area contributed by atoms with E-state index in [0.717, 1.165) is 24.8 Å². The lowest BCUT2D eigenvalue weighted by Crippen LogP contribution is -2.39. The van der Waals surface area contributed by atoms with Crippen molar-refractivity contribution in [2.24, 2.45) is 11.7 Å². The molecule has 1 saturated carbocycles. The van der Waals surface area contributed by atoms with E-state index in [9.17, 15) is 4.79 Å². The van der Waals surface area contributed by atoms with E-state index >= 15 is 0 Å². The van der Waals surface area contributed by atoms with Crippen LogP contribution in [0.2, 0.25) is 5.02 Å². The summed E-state index contributed by atoms with van der Waals surface area (Å²) >= 11 is 6.06. The maximum absolute atomic E-state index is 12.8. The molecule has 124 valence electrons. The molecule has 1 aliphatic carbocycles. The van der Waals surface area contributed by atoms with Crippen LogP contribution in [0.1, 0.15) is 38.7 Å². The van der Waals surface area contributed by atoms with Gasteiger partial charge in [0.1, 0.15) is 0 Å². The van der Waals surface area contributed by atoms with Crippen molar-refractivity contribution in [3.8, 4) is 0 Å². The predicted molar refractivity (Wildman–Crippen MR) is 94.7 cm³/mol. The second kappa shape index (κ2) is 7.67. The molecule has 22 heavy (non-hydrogen) atoms. The summed E-state index contributed by atoms with van der Waals surface area (Å²) < 4.78 is 0. The highest BCUT2D eigenvalue weighted by molar-refractivity contribution is 6.30. The first-order valence-corrected chi connectivity index (χ1v) is 8.02. The first-order valence-electron chi connectivity index (χ1n) is 7.64. The van der Waals surface area contributed by atoms with Gasteiger partial charge in [0.05, 0.1) is 5.41 Å². The molecule has 0 saturated heterocycles. The summed E-state index contributed by atoms with van der Waals surface area (Å²) in [6.45, 7) is 4.93. The molecule has 3 nitrogen and oxygen atoms in total. The van der Waals surface area contributed by atoms with Gasteiger partial charge in [-0.25, -0.2) is 0 Å². The molecule has 5 heteroatoms. The number of hydrogen-bond acceptors (Lipinski definition) is 2. The zero-order valence-electron chi connectivity index (χ0n) is 13.5. The van der Waals surface area contributed by atoms with Crippen LogP contribution in [-0.4, -0.2) is 30.4 Å². The highest BCUT2D eigenvalue weighted by Crippen LogP contribution is 2.49. The number of amides is 1. The zero-order valence-corrected chi connectivity index (χ0v) is 15.1. The maximum atomic E-state index is 12.8. The molecule has 0 heterocycles. The van der Waals surface area contributed by atoms with Crippen molar-refractivity contribution in [3.05, 3.63) is 34.9 Å². The number of nitrogens with two attached hydrogens (primary N) is 1. The molecule has 0 bridgehead atoms. The third-order valence-electron chi connectivity index (χ3n) is 4.54. The van der Waals surface area contributed by atoms with E-state index in [2.05, 4.69) is 13.8 Å². The fraction of sp³-hybridized carbons (Fsp3) is 0.588. The van der Waals surface area contributed by atoms with Gasteiger partial charge in [-0.15, -0.1) is 12.4 Å². The van der Waals surface area contributed by atoms with Crippen LogP contribution in [0, 0.1) is 5.92 Å². The van der Waals surface area contributed by atoms with Crippen LogP contribution >= 0.6 is 24.0 Å². The fourth-order valence-electron chi connectivity index (χ4n) is 2.68. The molecule has 1 aliphatic rings. The number of carbonyl (C=O) groups excluding carboxylic acids is 1. The van der Waals surface area contributed by atoms with Gasteiger partial charge in [0, 0.05) is 24.7 Å². The smallest absolute Gasteiger partial charge is 0.232 e. The Labute approximate surface area is 144 Å². The quantitative estimate of drug-likeness (QED) is 0.856. The molecule has 1 aromatic rings. The van der Waals surface area contributed by atoms with E-state index < -0.39 is 0 Å². The minimum atomic E-state index is -0.346. The molecule has 1 fully saturated rings. The maximum Gasteiger partial charge on any atom is 0.232 e. The number of nitrogens with zero attached hydrogens (tertiary/aromatic N) is 1. The number of likely N-dealkylation sites (N-methyl/N-ethyl adjacent to an activating group) is 1. The van der Waals surface area contributed by atoms with Gasteiger partial charge in [-0.3, -0.25) is 4.79 Å². The minimum absolute atomic E-state index is 0. The van der Waals surface area contributed by atoms with Gasteiger partial charge < -0.3 is 10.6 Å². The normalized spacial score (nSPS) is 16.8. The SMILES string of the molecule is CC(C)C(N)CCN(C)C(=O)C1(c2cccc(Cl)c2)CC1.Cl. The second-order valence-corrected chi connectivity index (χ2v) is 6.95. The Bertz CT molecular complexity index is 515. The Morgan fingerprint density at radius 1 is 1.41 bits per heavy atom. The van der Waals surface area contributed by atoms with Crippen LogP contribution in [0.4, 0.5) is 0 Å². The molecule has 2 rings (SSSR count). The summed E-state index contributed by atoms with van der Waals surface area (Å²) in [6, 6.07) is 7.82. The molecule has 1 unspecified atom stereocenters. The lowest BCUT2D eigenvalue weighted by molar-refractivity contribution is -0.132. The Kier molecular flexibility index (Phi) is 6.72. The number of benzene rings is 1. The van der Waals surface area contributed by atoms with Crippen LogP contribution in [-0.2, 0) is 10.2 Å². The van der Waals surface area contributed by atoms with Crippen molar-refractivity contribution < 1.29 is 4.79 Å². The Hall–Kier alpha value is -0.770. The predicted octanol–water partition coefficient (Wildman–Crippen LogP) is 3.63. The van der Waals surface area contributed by atoms with Gasteiger partial charge in [-0.2, -0.15) is 0 Å². The molecule has 2 N–H and O–H groups in total. The summed E-state index contributed by atoms with van der Waals surface area (Å²) in [4.78, 5) is 14.6. The van der Waals surface area contributed by atoms with Gasteiger partial charge in [0.2, 0.25) is 5.91 Å². The second-order valence-electron chi connectivity index (χ2n) is 6.52. The van der Waals surface area contributed by atoms with E-state index in [1.54, 1.807) is 0 Å². The van der Waals surface area contributed by atoms with Gasteiger partial charge in [0.15, 0.2) is 0 Å². The first kappa shape index (κ1) is 19.3. The Balaban J connectivity index is 0.00000242. The molecule has 0 radical (unpaired) electrons. The van der Waals surface area contributed by atoms with Crippen LogP contribution in [0.15, 0.2) is 24.3 Å². The van der Waals surface area contributed by atoms with Crippen molar-refractivity contribution in [3.63, 3.8) is 0 Å². The summed E-state index contributed by atoms with van der Waals surface area (Å²) in [7, 11) is 1.87. The van der Waals surface area contributed by atoms with Gasteiger partial charge in [0.25, 0.3) is 0 Å². The summed E-state index contributed by atoms with van der Waals surface area (Å²) in [5.41, 5.74) is 6.76. The van der Waals surface area contributed by atoms with Gasteiger partial charge >= 0.3 is 0 Å². The van der Waals surface area contributed by atoms with Crippen LogP contribution in [0.25, 0.3) is 0 Å². The van der Waals surface area contributed by atoms with E-state index in [0.29, 0.717) is 17.5 Å². The van der Waals surface area contributed by atoms with Crippen molar-refractivity contribution in [1.29, 1.82) is 0 Å². The van der Waals surface area contributed by atoms with Crippen molar-refractivity contribution in [2.45, 2.75) is 44.6 Å². The van der Waals surface area contributed by atoms with Crippen molar-refractivity contribution >= 4 is 29.9 Å². The summed E-state index contributed by atoms with van der Waals surface area (Å²) in [5, 5.41) is 0.691. The molecular formula is C17H26Cl2N2O. The van der Waals surface area contributed by atoms with Crippen LogP contribution < -0.4 is 5.73 Å². The molecule has 0 aromatic heterocycles. The fourth-order valence-corrected chi connectivity index (χ4v) is 2.87. The minimum Gasteiger partial charge on any atom is -0.345 e. The average molecular weight is 345 g/mol. The first-order chi connectivity index (χ1) is 9.86. The number of carbonyl (C=O) groups is 1. The Morgan fingerprint density at radius 3 is 2.55 bits per heavy atom. The molecule has 0 spiro atoms. The molecule has 0 aliphatic heterocycles. The van der Waals surface area contributed by atoms with Gasteiger partial charge in [-0.05, 0) is 42.9 Å². The van der Waals surface area contributed by atoms with E-state index in [1.807, 2.05) is 36.2 Å². The van der Waals surface area contributed by atoms with Gasteiger partial charge in [-0.1, -0.05) is 37.6 Å². The standard InChI is InChI=1S/C17H25ClN2O.ClH/c1-12(2)15(19)7-10-20(3)16(21)17(8-9-17)13-5-4-6-14(18)11-13;/h4-6,11-12,15H,7-10,19H2,1-3H3;1H. The molecule has 1 atom stereocenters. The third-order valence-corrected chi connectivity index (χ3v) is 4.77. The van der Waals surface area contributed by atoms with E-state index in [-0.39, 0.29) is 29.8 Å². The van der Waals surface area contributed by atoms with E-state index in [4.69, 9.17) is 17.3 Å². The molecule has 1 amide bonds.